The van der Waals surface area contributed by atoms with Crippen LogP contribution in [0.25, 0.3) is 22.5 Å². The van der Waals surface area contributed by atoms with E-state index in [0.717, 1.165) is 43.0 Å². The number of unbranched alkanes of at least 4 members (excludes halogenated alkanes) is 11. The van der Waals surface area contributed by atoms with Crippen LogP contribution >= 0.6 is 11.6 Å². The van der Waals surface area contributed by atoms with Crippen LogP contribution in [0.3, 0.4) is 0 Å². The highest BCUT2D eigenvalue weighted by molar-refractivity contribution is 6.20. The van der Waals surface area contributed by atoms with Gasteiger partial charge in [-0.25, -0.2) is 9.97 Å². The maximum absolute atomic E-state index is 6.63. The summed E-state index contributed by atoms with van der Waals surface area (Å²) in [6.07, 6.45) is 22.5. The maximum atomic E-state index is 6.63. The van der Waals surface area contributed by atoms with Crippen LogP contribution in [0.5, 0.6) is 5.75 Å². The van der Waals surface area contributed by atoms with Crippen molar-refractivity contribution >= 4 is 11.6 Å². The summed E-state index contributed by atoms with van der Waals surface area (Å²) in [7, 11) is 0. The van der Waals surface area contributed by atoms with Gasteiger partial charge in [-0.3, -0.25) is 0 Å². The molecule has 3 rings (SSSR count). The molecule has 3 nitrogen and oxygen atoms in total. The molecule has 0 amide bonds. The number of aromatic nitrogens is 2. The third-order valence-electron chi connectivity index (χ3n) is 7.40. The lowest BCUT2D eigenvalue weighted by Crippen LogP contribution is -2.03. The second kappa shape index (κ2) is 18.8. The Kier molecular flexibility index (Phi) is 15.0. The molecule has 1 heterocycles. The van der Waals surface area contributed by atoms with Gasteiger partial charge in [0.05, 0.1) is 19.0 Å². The summed E-state index contributed by atoms with van der Waals surface area (Å²) in [6.45, 7) is 5.25. The Hall–Kier alpha value is -2.39. The first-order valence-corrected chi connectivity index (χ1v) is 15.9. The SMILES string of the molecule is CCCCCCCCCOc1cnc(-c2ccc(-c3ccc(CC(Cl)CCCCCCCC)cc3)cc2)nc1. The van der Waals surface area contributed by atoms with Gasteiger partial charge in [-0.2, -0.15) is 0 Å². The molecule has 1 unspecified atom stereocenters. The molecule has 0 bridgehead atoms. The van der Waals surface area contributed by atoms with E-state index >= 15 is 0 Å². The second-order valence-corrected chi connectivity index (χ2v) is 11.5. The van der Waals surface area contributed by atoms with Crippen molar-refractivity contribution in [3.05, 3.63) is 66.5 Å². The number of alkyl halides is 1. The van der Waals surface area contributed by atoms with E-state index in [0.29, 0.717) is 0 Å². The predicted molar refractivity (Wildman–Crippen MR) is 168 cm³/mol. The fourth-order valence-corrected chi connectivity index (χ4v) is 5.27. The maximum Gasteiger partial charge on any atom is 0.159 e. The molecule has 0 radical (unpaired) electrons. The Labute approximate surface area is 242 Å². The summed E-state index contributed by atoms with van der Waals surface area (Å²) in [5, 5.41) is 0.221. The highest BCUT2D eigenvalue weighted by Crippen LogP contribution is 2.25. The molecular formula is C35H49ClN2O. The summed E-state index contributed by atoms with van der Waals surface area (Å²) >= 11 is 6.63. The van der Waals surface area contributed by atoms with E-state index in [1.807, 2.05) is 0 Å². The minimum absolute atomic E-state index is 0.221. The first kappa shape index (κ1) is 31.1. The van der Waals surface area contributed by atoms with Gasteiger partial charge < -0.3 is 4.74 Å². The average Bonchev–Trinajstić information content (AvgIpc) is 2.97. The molecule has 0 saturated carbocycles. The minimum atomic E-state index is 0.221. The minimum Gasteiger partial charge on any atom is -0.490 e. The third kappa shape index (κ3) is 12.1. The fraction of sp³-hybridized carbons (Fsp3) is 0.543. The van der Waals surface area contributed by atoms with Gasteiger partial charge in [0.1, 0.15) is 0 Å². The van der Waals surface area contributed by atoms with Crippen LogP contribution in [0, 0.1) is 0 Å². The molecule has 0 aliphatic heterocycles. The van der Waals surface area contributed by atoms with Crippen molar-refractivity contribution in [2.45, 2.75) is 116 Å². The number of nitrogens with zero attached hydrogens (tertiary/aromatic N) is 2. The summed E-state index contributed by atoms with van der Waals surface area (Å²) in [5.41, 5.74) is 4.72. The van der Waals surface area contributed by atoms with Crippen molar-refractivity contribution < 1.29 is 4.74 Å². The van der Waals surface area contributed by atoms with Crippen LogP contribution in [0.4, 0.5) is 0 Å². The van der Waals surface area contributed by atoms with Crippen molar-refractivity contribution in [2.75, 3.05) is 6.61 Å². The second-order valence-electron chi connectivity index (χ2n) is 10.8. The normalized spacial score (nSPS) is 12.0. The fourth-order valence-electron chi connectivity index (χ4n) is 4.94. The van der Waals surface area contributed by atoms with Gasteiger partial charge in [0, 0.05) is 10.9 Å². The lowest BCUT2D eigenvalue weighted by Gasteiger charge is -2.11. The van der Waals surface area contributed by atoms with Gasteiger partial charge in [0.15, 0.2) is 11.6 Å². The van der Waals surface area contributed by atoms with Gasteiger partial charge in [-0.05, 0) is 36.0 Å². The van der Waals surface area contributed by atoms with Crippen LogP contribution in [-0.2, 0) is 6.42 Å². The number of ether oxygens (including phenoxy) is 1. The van der Waals surface area contributed by atoms with E-state index in [-0.39, 0.29) is 5.38 Å². The van der Waals surface area contributed by atoms with E-state index in [9.17, 15) is 0 Å². The van der Waals surface area contributed by atoms with Crippen LogP contribution in [-0.4, -0.2) is 22.0 Å². The molecule has 212 valence electrons. The van der Waals surface area contributed by atoms with Crippen LogP contribution in [0.15, 0.2) is 60.9 Å². The van der Waals surface area contributed by atoms with Crippen LogP contribution in [0.1, 0.15) is 109 Å². The third-order valence-corrected chi connectivity index (χ3v) is 7.78. The van der Waals surface area contributed by atoms with E-state index in [1.165, 1.54) is 93.7 Å². The molecule has 0 fully saturated rings. The van der Waals surface area contributed by atoms with Crippen molar-refractivity contribution in [3.63, 3.8) is 0 Å². The van der Waals surface area contributed by atoms with E-state index in [2.05, 4.69) is 72.3 Å². The average molecular weight is 549 g/mol. The van der Waals surface area contributed by atoms with E-state index in [1.54, 1.807) is 12.4 Å². The number of hydrogen-bond acceptors (Lipinski definition) is 3. The quantitative estimate of drug-likeness (QED) is 0.104. The van der Waals surface area contributed by atoms with Gasteiger partial charge in [-0.15, -0.1) is 11.6 Å². The zero-order valence-electron chi connectivity index (χ0n) is 24.3. The first-order valence-electron chi connectivity index (χ1n) is 15.5. The van der Waals surface area contributed by atoms with Crippen molar-refractivity contribution in [1.82, 2.24) is 9.97 Å². The molecule has 0 aliphatic rings. The largest absolute Gasteiger partial charge is 0.490 e. The molecule has 3 aromatic rings. The Balaban J connectivity index is 1.40. The van der Waals surface area contributed by atoms with E-state index < -0.39 is 0 Å². The standard InChI is InChI=1S/C35H49ClN2O/c1-3-5-7-9-11-13-15-25-39-34-27-37-35(38-28-34)32-23-21-31(22-24-32)30-19-17-29(18-20-30)26-33(36)16-14-12-10-8-6-4-2/h17-24,27-28,33H,3-16,25-26H2,1-2H3. The number of benzene rings is 2. The van der Waals surface area contributed by atoms with Crippen LogP contribution < -0.4 is 4.74 Å². The Morgan fingerprint density at radius 2 is 1.10 bits per heavy atom. The molecular weight excluding hydrogens is 500 g/mol. The lowest BCUT2D eigenvalue weighted by molar-refractivity contribution is 0.302. The number of halogens is 1. The summed E-state index contributed by atoms with van der Waals surface area (Å²) < 4.78 is 5.84. The number of hydrogen-bond donors (Lipinski definition) is 0. The molecule has 39 heavy (non-hydrogen) atoms. The van der Waals surface area contributed by atoms with Crippen molar-refractivity contribution in [2.24, 2.45) is 0 Å². The van der Waals surface area contributed by atoms with Crippen molar-refractivity contribution in [3.8, 4) is 28.3 Å². The Bertz CT molecular complexity index is 1020. The predicted octanol–water partition coefficient (Wildman–Crippen LogP) is 10.8. The Morgan fingerprint density at radius 3 is 1.69 bits per heavy atom. The van der Waals surface area contributed by atoms with Gasteiger partial charge in [0.25, 0.3) is 0 Å². The topological polar surface area (TPSA) is 35.0 Å². The molecule has 0 aliphatic carbocycles. The monoisotopic (exact) mass is 548 g/mol. The zero-order valence-corrected chi connectivity index (χ0v) is 25.1. The highest BCUT2D eigenvalue weighted by atomic mass is 35.5. The van der Waals surface area contributed by atoms with Crippen molar-refractivity contribution in [1.29, 1.82) is 0 Å². The highest BCUT2D eigenvalue weighted by Gasteiger charge is 2.08. The summed E-state index contributed by atoms with van der Waals surface area (Å²) in [4.78, 5) is 9.06. The van der Waals surface area contributed by atoms with Gasteiger partial charge >= 0.3 is 0 Å². The smallest absolute Gasteiger partial charge is 0.159 e. The Morgan fingerprint density at radius 1 is 0.615 bits per heavy atom. The molecule has 0 saturated heterocycles. The van der Waals surface area contributed by atoms with Crippen LogP contribution in [0.2, 0.25) is 0 Å². The molecule has 0 N–H and O–H groups in total. The van der Waals surface area contributed by atoms with Gasteiger partial charge in [0.2, 0.25) is 0 Å². The van der Waals surface area contributed by atoms with Gasteiger partial charge in [-0.1, -0.05) is 139 Å². The van der Waals surface area contributed by atoms with E-state index in [4.69, 9.17) is 16.3 Å². The molecule has 1 atom stereocenters. The summed E-state index contributed by atoms with van der Waals surface area (Å²) in [5.74, 6) is 1.46. The molecule has 0 spiro atoms. The summed E-state index contributed by atoms with van der Waals surface area (Å²) in [6, 6.07) is 17.3. The first-order chi connectivity index (χ1) is 19.2. The lowest BCUT2D eigenvalue weighted by atomic mass is 9.99. The molecule has 1 aromatic heterocycles. The molecule has 4 heteroatoms. The zero-order chi connectivity index (χ0) is 27.5. The molecule has 2 aromatic carbocycles. The number of rotatable bonds is 20.